The number of urea groups is 1. The van der Waals surface area contributed by atoms with Crippen LogP contribution in [0.15, 0.2) is 18.2 Å². The predicted molar refractivity (Wildman–Crippen MR) is 83.9 cm³/mol. The molecule has 7 nitrogen and oxygen atoms in total. The number of primary amides is 1. The molecule has 0 aromatic heterocycles. The van der Waals surface area contributed by atoms with Gasteiger partial charge in [0.05, 0.1) is 18.7 Å². The lowest BCUT2D eigenvalue weighted by atomic mass is 10.0. The summed E-state index contributed by atoms with van der Waals surface area (Å²) in [6, 6.07) is 4.53. The third kappa shape index (κ3) is 2.96. The minimum absolute atomic E-state index is 0.00755. The van der Waals surface area contributed by atoms with Gasteiger partial charge >= 0.3 is 6.03 Å². The van der Waals surface area contributed by atoms with Gasteiger partial charge < -0.3 is 15.4 Å². The molecular weight excluding hydrogens is 322 g/mol. The zero-order valence-electron chi connectivity index (χ0n) is 13.1. The summed E-state index contributed by atoms with van der Waals surface area (Å²) in [5.41, 5.74) is 4.59. The maximum atomic E-state index is 12.5. The van der Waals surface area contributed by atoms with Crippen LogP contribution in [0.25, 0.3) is 0 Å². The molecule has 4 amide bonds. The summed E-state index contributed by atoms with van der Waals surface area (Å²) >= 11 is 6.21. The maximum absolute atomic E-state index is 12.5. The van der Waals surface area contributed by atoms with E-state index in [-0.39, 0.29) is 13.1 Å². The Hall–Kier alpha value is -2.28. The van der Waals surface area contributed by atoms with Crippen LogP contribution in [-0.4, -0.2) is 46.8 Å². The first-order chi connectivity index (χ1) is 10.7. The fourth-order valence-electron chi connectivity index (χ4n) is 2.48. The largest absolute Gasteiger partial charge is 0.495 e. The van der Waals surface area contributed by atoms with Gasteiger partial charge in [-0.15, -0.1) is 0 Å². The first-order valence-corrected chi connectivity index (χ1v) is 7.31. The smallest absolute Gasteiger partial charge is 0.328 e. The molecule has 0 unspecified atom stereocenters. The van der Waals surface area contributed by atoms with E-state index in [1.54, 1.807) is 32.0 Å². The van der Waals surface area contributed by atoms with Crippen LogP contribution >= 0.6 is 11.6 Å². The van der Waals surface area contributed by atoms with E-state index in [0.29, 0.717) is 16.3 Å². The second kappa shape index (κ2) is 6.08. The van der Waals surface area contributed by atoms with E-state index in [0.717, 1.165) is 9.80 Å². The average molecular weight is 340 g/mol. The second-order valence-electron chi connectivity index (χ2n) is 5.72. The van der Waals surface area contributed by atoms with Crippen molar-refractivity contribution in [1.82, 2.24) is 9.80 Å². The van der Waals surface area contributed by atoms with Gasteiger partial charge in [0, 0.05) is 0 Å². The third-order valence-corrected chi connectivity index (χ3v) is 4.24. The molecule has 8 heteroatoms. The van der Waals surface area contributed by atoms with Crippen molar-refractivity contribution >= 4 is 29.4 Å². The third-order valence-electron chi connectivity index (χ3n) is 3.81. The Kier molecular flexibility index (Phi) is 4.51. The van der Waals surface area contributed by atoms with Crippen molar-refractivity contribution in [1.29, 1.82) is 0 Å². The van der Waals surface area contributed by atoms with Crippen LogP contribution in [0.2, 0.25) is 5.02 Å². The molecule has 2 N–H and O–H groups in total. The number of benzene rings is 1. The minimum atomic E-state index is -1.14. The monoisotopic (exact) mass is 339 g/mol. The molecule has 0 spiro atoms. The molecule has 0 radical (unpaired) electrons. The van der Waals surface area contributed by atoms with Gasteiger partial charge in [0.25, 0.3) is 5.91 Å². The SMILES string of the molecule is COc1cccc(CN2C(=O)N(CC(N)=O)C(C)(C)C2=O)c1Cl. The predicted octanol–water partition coefficient (Wildman–Crippen LogP) is 1.38. The summed E-state index contributed by atoms with van der Waals surface area (Å²) < 4.78 is 5.13. The lowest BCUT2D eigenvalue weighted by molar-refractivity contribution is -0.132. The summed E-state index contributed by atoms with van der Waals surface area (Å²) in [7, 11) is 1.48. The molecule has 0 saturated carbocycles. The number of halogens is 1. The van der Waals surface area contributed by atoms with Crippen LogP contribution in [0.1, 0.15) is 19.4 Å². The molecule has 1 fully saturated rings. The van der Waals surface area contributed by atoms with Gasteiger partial charge in [-0.05, 0) is 25.5 Å². The van der Waals surface area contributed by atoms with Crippen molar-refractivity contribution in [3.05, 3.63) is 28.8 Å². The van der Waals surface area contributed by atoms with Gasteiger partial charge in [0.2, 0.25) is 5.91 Å². The number of nitrogens with two attached hydrogens (primary N) is 1. The molecule has 1 aliphatic rings. The minimum Gasteiger partial charge on any atom is -0.495 e. The molecule has 23 heavy (non-hydrogen) atoms. The lowest BCUT2D eigenvalue weighted by Crippen LogP contribution is -2.47. The van der Waals surface area contributed by atoms with Crippen LogP contribution in [0.5, 0.6) is 5.75 Å². The molecule has 0 atom stereocenters. The number of imide groups is 1. The van der Waals surface area contributed by atoms with E-state index in [4.69, 9.17) is 22.1 Å². The number of carbonyl (C=O) groups is 3. The fourth-order valence-corrected chi connectivity index (χ4v) is 2.75. The number of nitrogens with zero attached hydrogens (tertiary/aromatic N) is 2. The summed E-state index contributed by atoms with van der Waals surface area (Å²) in [4.78, 5) is 38.4. The van der Waals surface area contributed by atoms with Gasteiger partial charge in [-0.1, -0.05) is 23.7 Å². The van der Waals surface area contributed by atoms with Crippen LogP contribution in [-0.2, 0) is 16.1 Å². The first-order valence-electron chi connectivity index (χ1n) is 6.93. The van der Waals surface area contributed by atoms with Crippen molar-refractivity contribution in [3.63, 3.8) is 0 Å². The Morgan fingerprint density at radius 1 is 1.35 bits per heavy atom. The van der Waals surface area contributed by atoms with Crippen molar-refractivity contribution in [2.75, 3.05) is 13.7 Å². The molecule has 2 rings (SSSR count). The molecule has 1 saturated heterocycles. The van der Waals surface area contributed by atoms with E-state index in [9.17, 15) is 14.4 Å². The first kappa shape index (κ1) is 17.1. The highest BCUT2D eigenvalue weighted by atomic mass is 35.5. The van der Waals surface area contributed by atoms with Gasteiger partial charge in [0.15, 0.2) is 0 Å². The molecule has 124 valence electrons. The van der Waals surface area contributed by atoms with Gasteiger partial charge in [-0.3, -0.25) is 14.5 Å². The quantitative estimate of drug-likeness (QED) is 0.820. The van der Waals surface area contributed by atoms with E-state index < -0.39 is 23.4 Å². The summed E-state index contributed by atoms with van der Waals surface area (Å²) in [5, 5.41) is 0.335. The number of hydrogen-bond donors (Lipinski definition) is 1. The number of methoxy groups -OCH3 is 1. The maximum Gasteiger partial charge on any atom is 0.328 e. The Morgan fingerprint density at radius 2 is 2.00 bits per heavy atom. The van der Waals surface area contributed by atoms with Crippen molar-refractivity contribution in [2.45, 2.75) is 25.9 Å². The highest BCUT2D eigenvalue weighted by molar-refractivity contribution is 6.32. The number of amides is 4. The normalized spacial score (nSPS) is 16.9. The van der Waals surface area contributed by atoms with E-state index in [2.05, 4.69) is 0 Å². The molecule has 1 aromatic carbocycles. The molecule has 1 aliphatic heterocycles. The number of carbonyl (C=O) groups excluding carboxylic acids is 3. The van der Waals surface area contributed by atoms with Crippen LogP contribution < -0.4 is 10.5 Å². The highest BCUT2D eigenvalue weighted by Crippen LogP contribution is 2.32. The molecule has 1 heterocycles. The Labute approximate surface area is 138 Å². The van der Waals surface area contributed by atoms with E-state index in [1.165, 1.54) is 7.11 Å². The summed E-state index contributed by atoms with van der Waals surface area (Å²) in [6.07, 6.45) is 0. The summed E-state index contributed by atoms with van der Waals surface area (Å²) in [5.74, 6) is -0.639. The Balaban J connectivity index is 2.32. The number of rotatable bonds is 5. The van der Waals surface area contributed by atoms with Crippen molar-refractivity contribution < 1.29 is 19.1 Å². The van der Waals surface area contributed by atoms with Crippen molar-refractivity contribution in [2.24, 2.45) is 5.73 Å². The van der Waals surface area contributed by atoms with Crippen LogP contribution in [0, 0.1) is 0 Å². The fraction of sp³-hybridized carbons (Fsp3) is 0.400. The summed E-state index contributed by atoms with van der Waals surface area (Å²) in [6.45, 7) is 2.82. The van der Waals surface area contributed by atoms with Gasteiger partial charge in [0.1, 0.15) is 17.8 Å². The zero-order chi connectivity index (χ0) is 17.4. The molecule has 1 aromatic rings. The number of hydrogen-bond acceptors (Lipinski definition) is 4. The number of ether oxygens (including phenoxy) is 1. The topological polar surface area (TPSA) is 92.9 Å². The lowest BCUT2D eigenvalue weighted by Gasteiger charge is -2.26. The highest BCUT2D eigenvalue weighted by Gasteiger charge is 2.51. The Morgan fingerprint density at radius 3 is 2.57 bits per heavy atom. The van der Waals surface area contributed by atoms with Crippen LogP contribution in [0.3, 0.4) is 0 Å². The van der Waals surface area contributed by atoms with E-state index >= 15 is 0 Å². The standard InChI is InChI=1S/C15H18ClN3O4/c1-15(2)13(21)18(14(22)19(15)8-11(17)20)7-9-5-4-6-10(23-3)12(9)16/h4-6H,7-8H2,1-3H3,(H2,17,20). The van der Waals surface area contributed by atoms with E-state index in [1.807, 2.05) is 0 Å². The van der Waals surface area contributed by atoms with Crippen LogP contribution in [0.4, 0.5) is 4.79 Å². The van der Waals surface area contributed by atoms with Gasteiger partial charge in [-0.2, -0.15) is 0 Å². The molecule has 0 aliphatic carbocycles. The van der Waals surface area contributed by atoms with Gasteiger partial charge in [-0.25, -0.2) is 4.79 Å². The second-order valence-corrected chi connectivity index (χ2v) is 6.10. The average Bonchev–Trinajstić information content (AvgIpc) is 2.63. The Bertz CT molecular complexity index is 675. The zero-order valence-corrected chi connectivity index (χ0v) is 13.9. The van der Waals surface area contributed by atoms with Crippen molar-refractivity contribution in [3.8, 4) is 5.75 Å². The molecular formula is C15H18ClN3O4. The molecule has 0 bridgehead atoms.